The Morgan fingerprint density at radius 2 is 0.750 bits per heavy atom. The van der Waals surface area contributed by atoms with Gasteiger partial charge in [-0.3, -0.25) is 0 Å². The minimum atomic E-state index is -0.572. The Morgan fingerprint density at radius 1 is 0.297 bits per heavy atom. The molecule has 0 saturated carbocycles. The SMILES string of the molecule is Cc1ccc(N(c2ccccc2)c2ccc3c4c(ccc3c2)-c2ccc3cc(N(c5ccccc5)c5ccccc5)ccc3c2C42c3ccccc3-c3c2ccc2ccccc32)cc1. The van der Waals surface area contributed by atoms with E-state index >= 15 is 0 Å². The minimum absolute atomic E-state index is 0.572. The molecule has 64 heavy (non-hydrogen) atoms. The van der Waals surface area contributed by atoms with Crippen LogP contribution in [0.5, 0.6) is 0 Å². The largest absolute Gasteiger partial charge is 0.310 e. The maximum Gasteiger partial charge on any atom is 0.0737 e. The van der Waals surface area contributed by atoms with Crippen molar-refractivity contribution in [1.82, 2.24) is 0 Å². The van der Waals surface area contributed by atoms with Crippen molar-refractivity contribution in [3.05, 3.63) is 264 Å². The Bertz CT molecular complexity index is 3580. The number of nitrogens with zero attached hydrogens (tertiary/aromatic N) is 2. The zero-order chi connectivity index (χ0) is 42.4. The Hall–Kier alpha value is -8.20. The van der Waals surface area contributed by atoms with Crippen LogP contribution in [-0.2, 0) is 5.41 Å². The van der Waals surface area contributed by atoms with Crippen molar-refractivity contribution in [3.8, 4) is 22.3 Å². The standard InChI is InChI=1S/C62H42N2/c1-41-25-30-48(31-26-41)64(47-20-9-4-10-21-47)50-33-37-53-44(40-50)28-35-55-54-34-27-43-39-49(63(45-16-5-2-6-17-45)46-18-7-3-8-19-46)32-36-52(43)60(54)62(61(53)55)57-24-14-13-23-56(57)59-51-22-12-11-15-42(51)29-38-58(59)62/h2-40H,1H3. The molecule has 0 amide bonds. The van der Waals surface area contributed by atoms with E-state index < -0.39 is 5.41 Å². The van der Waals surface area contributed by atoms with Crippen LogP contribution in [0.2, 0.25) is 0 Å². The molecule has 0 aromatic heterocycles. The first-order valence-electron chi connectivity index (χ1n) is 22.3. The number of rotatable bonds is 6. The van der Waals surface area contributed by atoms with E-state index in [9.17, 15) is 0 Å². The Morgan fingerprint density at radius 3 is 1.31 bits per heavy atom. The Kier molecular flexibility index (Phi) is 8.07. The lowest BCUT2D eigenvalue weighted by Gasteiger charge is -2.33. The summed E-state index contributed by atoms with van der Waals surface area (Å²) < 4.78 is 0. The summed E-state index contributed by atoms with van der Waals surface area (Å²) in [6, 6.07) is 87.7. The van der Waals surface area contributed by atoms with Crippen LogP contribution in [0.4, 0.5) is 34.1 Å². The molecule has 0 bridgehead atoms. The molecule has 2 aliphatic rings. The molecule has 11 aromatic rings. The fraction of sp³-hybridized carbons (Fsp3) is 0.0323. The van der Waals surface area contributed by atoms with Gasteiger partial charge in [0.05, 0.1) is 5.41 Å². The van der Waals surface area contributed by atoms with Crippen LogP contribution in [0.15, 0.2) is 237 Å². The van der Waals surface area contributed by atoms with Crippen LogP contribution in [0, 0.1) is 6.92 Å². The van der Waals surface area contributed by atoms with Gasteiger partial charge in [0.25, 0.3) is 0 Å². The van der Waals surface area contributed by atoms with Crippen molar-refractivity contribution in [2.45, 2.75) is 12.3 Å². The van der Waals surface area contributed by atoms with E-state index in [0.717, 1.165) is 34.1 Å². The summed E-state index contributed by atoms with van der Waals surface area (Å²) in [6.45, 7) is 2.15. The average molecular weight is 815 g/mol. The highest BCUT2D eigenvalue weighted by molar-refractivity contribution is 6.13. The molecular weight excluding hydrogens is 773 g/mol. The van der Waals surface area contributed by atoms with Crippen LogP contribution >= 0.6 is 0 Å². The average Bonchev–Trinajstić information content (AvgIpc) is 3.83. The third kappa shape index (κ3) is 5.26. The van der Waals surface area contributed by atoms with Crippen molar-refractivity contribution in [3.63, 3.8) is 0 Å². The van der Waals surface area contributed by atoms with Gasteiger partial charge in [-0.15, -0.1) is 0 Å². The molecular formula is C62H42N2. The van der Waals surface area contributed by atoms with Crippen molar-refractivity contribution in [1.29, 1.82) is 0 Å². The zero-order valence-corrected chi connectivity index (χ0v) is 35.4. The van der Waals surface area contributed by atoms with Gasteiger partial charge in [-0.05, 0) is 157 Å². The van der Waals surface area contributed by atoms with E-state index in [1.54, 1.807) is 0 Å². The second kappa shape index (κ2) is 14.2. The summed E-state index contributed by atoms with van der Waals surface area (Å²) in [7, 11) is 0. The number of hydrogen-bond donors (Lipinski definition) is 0. The summed E-state index contributed by atoms with van der Waals surface area (Å²) in [5, 5.41) is 7.53. The van der Waals surface area contributed by atoms with E-state index in [1.165, 1.54) is 82.4 Å². The quantitative estimate of drug-likeness (QED) is 0.165. The Balaban J connectivity index is 1.09. The lowest BCUT2D eigenvalue weighted by atomic mass is 9.68. The van der Waals surface area contributed by atoms with E-state index in [2.05, 4.69) is 253 Å². The number of anilines is 6. The first-order chi connectivity index (χ1) is 31.7. The smallest absolute Gasteiger partial charge is 0.0737 e. The fourth-order valence-electron chi connectivity index (χ4n) is 11.2. The van der Waals surface area contributed by atoms with Crippen LogP contribution < -0.4 is 9.80 Å². The minimum Gasteiger partial charge on any atom is -0.310 e. The van der Waals surface area contributed by atoms with Crippen molar-refractivity contribution >= 4 is 66.4 Å². The van der Waals surface area contributed by atoms with Crippen molar-refractivity contribution in [2.75, 3.05) is 9.80 Å². The predicted octanol–water partition coefficient (Wildman–Crippen LogP) is 16.7. The molecule has 11 aromatic carbocycles. The summed E-state index contributed by atoms with van der Waals surface area (Å²) in [5.74, 6) is 0. The topological polar surface area (TPSA) is 6.48 Å². The molecule has 0 radical (unpaired) electrons. The van der Waals surface area contributed by atoms with Crippen molar-refractivity contribution in [2.24, 2.45) is 0 Å². The monoisotopic (exact) mass is 814 g/mol. The molecule has 2 aliphatic carbocycles. The van der Waals surface area contributed by atoms with Crippen LogP contribution in [0.3, 0.4) is 0 Å². The molecule has 0 aliphatic heterocycles. The molecule has 13 rings (SSSR count). The molecule has 0 fully saturated rings. The number of para-hydroxylation sites is 3. The van der Waals surface area contributed by atoms with Gasteiger partial charge in [-0.1, -0.05) is 169 Å². The normalized spacial score (nSPS) is 14.4. The second-order valence-electron chi connectivity index (χ2n) is 17.3. The summed E-state index contributed by atoms with van der Waals surface area (Å²) in [6.07, 6.45) is 0. The molecule has 1 unspecified atom stereocenters. The first-order valence-corrected chi connectivity index (χ1v) is 22.3. The summed E-state index contributed by atoms with van der Waals surface area (Å²) in [4.78, 5) is 4.74. The van der Waals surface area contributed by atoms with Crippen LogP contribution in [0.1, 0.15) is 27.8 Å². The van der Waals surface area contributed by atoms with Crippen LogP contribution in [-0.4, -0.2) is 0 Å². The fourth-order valence-corrected chi connectivity index (χ4v) is 11.2. The highest BCUT2D eigenvalue weighted by atomic mass is 15.1. The molecule has 0 N–H and O–H groups in total. The highest BCUT2D eigenvalue weighted by Gasteiger charge is 2.53. The maximum atomic E-state index is 2.44. The van der Waals surface area contributed by atoms with Gasteiger partial charge in [0.1, 0.15) is 0 Å². The second-order valence-corrected chi connectivity index (χ2v) is 17.3. The third-order valence-corrected chi connectivity index (χ3v) is 13.8. The molecule has 2 nitrogen and oxygen atoms in total. The van der Waals surface area contributed by atoms with Gasteiger partial charge in [0.2, 0.25) is 0 Å². The predicted molar refractivity (Wildman–Crippen MR) is 269 cm³/mol. The lowest BCUT2D eigenvalue weighted by Crippen LogP contribution is -2.26. The summed E-state index contributed by atoms with van der Waals surface area (Å²) >= 11 is 0. The third-order valence-electron chi connectivity index (χ3n) is 13.8. The van der Waals surface area contributed by atoms with Gasteiger partial charge in [0, 0.05) is 34.1 Å². The van der Waals surface area contributed by atoms with E-state index in [-0.39, 0.29) is 0 Å². The van der Waals surface area contributed by atoms with Crippen molar-refractivity contribution < 1.29 is 0 Å². The Labute approximate surface area is 373 Å². The van der Waals surface area contributed by atoms with Gasteiger partial charge in [-0.2, -0.15) is 0 Å². The van der Waals surface area contributed by atoms with E-state index in [1.807, 2.05) is 0 Å². The zero-order valence-electron chi connectivity index (χ0n) is 35.4. The lowest BCUT2D eigenvalue weighted by molar-refractivity contribution is 0.810. The van der Waals surface area contributed by atoms with E-state index in [0.29, 0.717) is 0 Å². The highest BCUT2D eigenvalue weighted by Crippen LogP contribution is 2.66. The number of fused-ring (bicyclic) bond motifs is 16. The molecule has 2 heteroatoms. The molecule has 1 spiro atoms. The molecule has 0 heterocycles. The summed E-state index contributed by atoms with van der Waals surface area (Å²) in [5.41, 5.74) is 18.1. The van der Waals surface area contributed by atoms with E-state index in [4.69, 9.17) is 0 Å². The van der Waals surface area contributed by atoms with Gasteiger partial charge >= 0.3 is 0 Å². The van der Waals surface area contributed by atoms with Gasteiger partial charge in [-0.25, -0.2) is 0 Å². The maximum absolute atomic E-state index is 2.44. The molecule has 1 atom stereocenters. The number of aryl methyl sites for hydroxylation is 1. The number of benzene rings is 11. The molecule has 0 saturated heterocycles. The first kappa shape index (κ1) is 36.5. The van der Waals surface area contributed by atoms with Gasteiger partial charge in [0.15, 0.2) is 0 Å². The van der Waals surface area contributed by atoms with Crippen LogP contribution in [0.25, 0.3) is 54.6 Å². The van der Waals surface area contributed by atoms with Gasteiger partial charge < -0.3 is 9.80 Å². The molecule has 300 valence electrons. The number of hydrogen-bond acceptors (Lipinski definition) is 2.